The summed E-state index contributed by atoms with van der Waals surface area (Å²) in [5.74, 6) is 0.215. The Kier molecular flexibility index (Phi) is 4.47. The maximum atomic E-state index is 13.3. The molecule has 5 rings (SSSR count). The van der Waals surface area contributed by atoms with E-state index in [1.165, 1.54) is 11.0 Å². The number of alkyl halides is 3. The lowest BCUT2D eigenvalue weighted by molar-refractivity contribution is -0.137. The molecule has 1 aliphatic heterocycles. The number of nitrogens with two attached hydrogens (primary N) is 1. The molecule has 2 N–H and O–H groups in total. The largest absolute Gasteiger partial charge is 0.493 e. The van der Waals surface area contributed by atoms with Crippen LogP contribution >= 0.6 is 0 Å². The number of nitrogens with zero attached hydrogens (tertiary/aromatic N) is 4. The van der Waals surface area contributed by atoms with Crippen molar-refractivity contribution in [2.24, 2.45) is 0 Å². The second-order valence-corrected chi connectivity index (χ2v) is 7.67. The van der Waals surface area contributed by atoms with E-state index < -0.39 is 17.8 Å². The van der Waals surface area contributed by atoms with Crippen LogP contribution in [-0.2, 0) is 6.18 Å². The van der Waals surface area contributed by atoms with Crippen molar-refractivity contribution in [1.82, 2.24) is 19.3 Å². The van der Waals surface area contributed by atoms with Gasteiger partial charge in [-0.3, -0.25) is 9.20 Å². The molecule has 0 aliphatic carbocycles. The number of fused-ring (bicyclic) bond motifs is 4. The summed E-state index contributed by atoms with van der Waals surface area (Å²) in [6, 6.07) is 8.05. The summed E-state index contributed by atoms with van der Waals surface area (Å²) in [6.07, 6.45) is -0.802. The molecule has 0 bridgehead atoms. The highest BCUT2D eigenvalue weighted by Gasteiger charge is 2.34. The molecule has 0 fully saturated rings. The van der Waals surface area contributed by atoms with Gasteiger partial charge in [0, 0.05) is 24.6 Å². The van der Waals surface area contributed by atoms with Gasteiger partial charge in [0.1, 0.15) is 17.1 Å². The molecule has 0 spiro atoms. The van der Waals surface area contributed by atoms with E-state index in [1.54, 1.807) is 42.2 Å². The summed E-state index contributed by atoms with van der Waals surface area (Å²) in [5, 5.41) is 0. The number of halogens is 3. The van der Waals surface area contributed by atoms with Gasteiger partial charge in [0.15, 0.2) is 0 Å². The lowest BCUT2D eigenvalue weighted by Gasteiger charge is -2.33. The quantitative estimate of drug-likeness (QED) is 0.507. The second kappa shape index (κ2) is 7.11. The summed E-state index contributed by atoms with van der Waals surface area (Å²) in [7, 11) is 1.64. The maximum Gasteiger partial charge on any atom is 0.416 e. The number of hydrogen-bond acceptors (Lipinski definition) is 5. The van der Waals surface area contributed by atoms with Crippen LogP contribution in [0.2, 0.25) is 0 Å². The van der Waals surface area contributed by atoms with E-state index in [1.807, 2.05) is 0 Å². The fraction of sp³-hybridized carbons (Fsp3) is 0.227. The number of amides is 1. The van der Waals surface area contributed by atoms with Gasteiger partial charge in [-0.1, -0.05) is 6.07 Å². The minimum Gasteiger partial charge on any atom is -0.493 e. The highest BCUT2D eigenvalue weighted by atomic mass is 19.4. The van der Waals surface area contributed by atoms with E-state index in [4.69, 9.17) is 10.5 Å². The van der Waals surface area contributed by atoms with Gasteiger partial charge in [0.25, 0.3) is 5.91 Å². The Morgan fingerprint density at radius 2 is 2.03 bits per heavy atom. The summed E-state index contributed by atoms with van der Waals surface area (Å²) in [5.41, 5.74) is 8.07. The lowest BCUT2D eigenvalue weighted by Crippen LogP contribution is -2.34. The number of hydrogen-bond donors (Lipinski definition) is 1. The molecule has 4 aromatic rings. The second-order valence-electron chi connectivity index (χ2n) is 7.67. The number of carbonyl (C=O) groups excluding carboxylic acids is 1. The zero-order valence-electron chi connectivity index (χ0n) is 16.9. The topological polar surface area (TPSA) is 85.8 Å². The van der Waals surface area contributed by atoms with Gasteiger partial charge in [0.05, 0.1) is 41.8 Å². The first-order valence-corrected chi connectivity index (χ1v) is 9.86. The van der Waals surface area contributed by atoms with Crippen molar-refractivity contribution >= 4 is 28.3 Å². The van der Waals surface area contributed by atoms with Crippen LogP contribution in [0.15, 0.2) is 48.9 Å². The van der Waals surface area contributed by atoms with Crippen LogP contribution in [0.3, 0.4) is 0 Å². The number of aromatic nitrogens is 3. The van der Waals surface area contributed by atoms with Crippen molar-refractivity contribution < 1.29 is 22.7 Å². The molecule has 10 heteroatoms. The lowest BCUT2D eigenvalue weighted by atomic mass is 9.97. The Morgan fingerprint density at radius 1 is 1.22 bits per heavy atom. The molecular weight excluding hydrogens is 423 g/mol. The number of anilines is 1. The highest BCUT2D eigenvalue weighted by Crippen LogP contribution is 2.40. The van der Waals surface area contributed by atoms with Gasteiger partial charge in [-0.25, -0.2) is 9.97 Å². The molecule has 7 nitrogen and oxygen atoms in total. The first-order valence-electron chi connectivity index (χ1n) is 9.86. The number of nitrogen functional groups attached to an aromatic ring is 1. The van der Waals surface area contributed by atoms with Crippen LogP contribution in [0.1, 0.15) is 33.9 Å². The summed E-state index contributed by atoms with van der Waals surface area (Å²) in [4.78, 5) is 23.3. The Morgan fingerprint density at radius 3 is 2.81 bits per heavy atom. The van der Waals surface area contributed by atoms with Crippen molar-refractivity contribution in [1.29, 1.82) is 0 Å². The first kappa shape index (κ1) is 20.1. The monoisotopic (exact) mass is 441 g/mol. The molecule has 0 saturated heterocycles. The molecule has 0 radical (unpaired) electrons. The van der Waals surface area contributed by atoms with Gasteiger partial charge < -0.3 is 15.4 Å². The molecule has 0 saturated carbocycles. The van der Waals surface area contributed by atoms with Crippen LogP contribution in [0.5, 0.6) is 5.75 Å². The highest BCUT2D eigenvalue weighted by molar-refractivity contribution is 5.98. The molecule has 1 amide bonds. The Labute approximate surface area is 180 Å². The first-order chi connectivity index (χ1) is 15.2. The van der Waals surface area contributed by atoms with Crippen LogP contribution in [-0.4, -0.2) is 38.8 Å². The smallest absolute Gasteiger partial charge is 0.416 e. The Balaban J connectivity index is 1.50. The zero-order chi connectivity index (χ0) is 22.6. The fourth-order valence-corrected chi connectivity index (χ4v) is 4.10. The van der Waals surface area contributed by atoms with Gasteiger partial charge in [-0.05, 0) is 30.3 Å². The van der Waals surface area contributed by atoms with Gasteiger partial charge in [-0.2, -0.15) is 13.2 Å². The van der Waals surface area contributed by atoms with Gasteiger partial charge >= 0.3 is 6.18 Å². The van der Waals surface area contributed by atoms with Crippen molar-refractivity contribution in [2.45, 2.75) is 18.6 Å². The number of imidazole rings is 1. The molecular formula is C22H18F3N5O2. The van der Waals surface area contributed by atoms with Gasteiger partial charge in [-0.15, -0.1) is 0 Å². The number of carbonyl (C=O) groups is 1. The Hall–Kier alpha value is -3.82. The average Bonchev–Trinajstić information content (AvgIpc) is 3.28. The fourth-order valence-electron chi connectivity index (χ4n) is 4.10. The number of benzene rings is 2. The molecule has 2 aromatic heterocycles. The van der Waals surface area contributed by atoms with Crippen molar-refractivity contribution in [3.8, 4) is 5.75 Å². The van der Waals surface area contributed by atoms with E-state index >= 15 is 0 Å². The minimum atomic E-state index is -4.46. The SMILES string of the molecule is CN(C(=O)c1ccc2nc(N)c3cncn3c2c1)[C@@H]1CCOc2cc(C(F)(F)F)ccc21. The molecule has 1 atom stereocenters. The predicted octanol–water partition coefficient (Wildman–Crippen LogP) is 4.08. The van der Waals surface area contributed by atoms with Crippen LogP contribution in [0.25, 0.3) is 16.6 Å². The third-order valence-corrected chi connectivity index (χ3v) is 5.76. The van der Waals surface area contributed by atoms with E-state index in [0.29, 0.717) is 39.9 Å². The zero-order valence-corrected chi connectivity index (χ0v) is 16.9. The summed E-state index contributed by atoms with van der Waals surface area (Å²) in [6.45, 7) is 0.215. The minimum absolute atomic E-state index is 0.147. The molecule has 2 aromatic carbocycles. The standard InChI is InChI=1S/C22H18F3N5O2/c1-29(16-6-7-32-19-9-13(22(23,24)25)3-4-14(16)19)21(31)12-2-5-15-17(8-12)30-11-27-10-18(30)20(26)28-15/h2-5,8-11,16H,6-7H2,1H3,(H2,26,28)/t16-/m1/s1. The summed E-state index contributed by atoms with van der Waals surface area (Å²) >= 11 is 0. The van der Waals surface area contributed by atoms with Crippen LogP contribution in [0, 0.1) is 0 Å². The van der Waals surface area contributed by atoms with Crippen molar-refractivity contribution in [3.05, 3.63) is 65.6 Å². The van der Waals surface area contributed by atoms with E-state index in [0.717, 1.165) is 12.1 Å². The summed E-state index contributed by atoms with van der Waals surface area (Å²) < 4.78 is 46.4. The molecule has 32 heavy (non-hydrogen) atoms. The molecule has 164 valence electrons. The van der Waals surface area contributed by atoms with E-state index in [-0.39, 0.29) is 18.3 Å². The predicted molar refractivity (Wildman–Crippen MR) is 111 cm³/mol. The van der Waals surface area contributed by atoms with Crippen LogP contribution in [0.4, 0.5) is 19.0 Å². The number of ether oxygens (including phenoxy) is 1. The van der Waals surface area contributed by atoms with Crippen LogP contribution < -0.4 is 10.5 Å². The maximum absolute atomic E-state index is 13.3. The Bertz CT molecular complexity index is 1370. The van der Waals surface area contributed by atoms with E-state index in [9.17, 15) is 18.0 Å². The number of rotatable bonds is 2. The average molecular weight is 441 g/mol. The van der Waals surface area contributed by atoms with Gasteiger partial charge in [0.2, 0.25) is 0 Å². The van der Waals surface area contributed by atoms with Crippen molar-refractivity contribution in [2.75, 3.05) is 19.4 Å². The van der Waals surface area contributed by atoms with E-state index in [2.05, 4.69) is 9.97 Å². The third kappa shape index (κ3) is 3.19. The third-order valence-electron chi connectivity index (χ3n) is 5.76. The molecule has 3 heterocycles. The molecule has 1 aliphatic rings. The molecule has 0 unspecified atom stereocenters. The normalized spacial score (nSPS) is 16.1. The van der Waals surface area contributed by atoms with Crippen molar-refractivity contribution in [3.63, 3.8) is 0 Å².